The second-order valence-corrected chi connectivity index (χ2v) is 3.46. The summed E-state index contributed by atoms with van der Waals surface area (Å²) in [6.07, 6.45) is 0.529. The van der Waals surface area contributed by atoms with Gasteiger partial charge in [-0.1, -0.05) is 0 Å². The molecule has 0 saturated carbocycles. The van der Waals surface area contributed by atoms with Gasteiger partial charge in [-0.3, -0.25) is 9.78 Å². The van der Waals surface area contributed by atoms with Gasteiger partial charge in [0.05, 0.1) is 18.5 Å². The number of H-pyrrole nitrogens is 1. The predicted molar refractivity (Wildman–Crippen MR) is 64.2 cm³/mol. The van der Waals surface area contributed by atoms with E-state index in [1.54, 1.807) is 6.92 Å². The smallest absolute Gasteiger partial charge is 0.435 e. The van der Waals surface area contributed by atoms with E-state index in [4.69, 9.17) is 10.5 Å². The monoisotopic (exact) mass is 265 g/mol. The highest BCUT2D eigenvalue weighted by Gasteiger charge is 2.08. The third kappa shape index (κ3) is 2.94. The van der Waals surface area contributed by atoms with Crippen LogP contribution in [0.5, 0.6) is 0 Å². The van der Waals surface area contributed by atoms with Crippen molar-refractivity contribution in [3.8, 4) is 0 Å². The minimum atomic E-state index is -0.811. The van der Waals surface area contributed by atoms with E-state index >= 15 is 0 Å². The Morgan fingerprint density at radius 3 is 2.95 bits per heavy atom. The number of nitrogens with zero attached hydrogens (tertiary/aromatic N) is 3. The number of nitrogen functional groups attached to an aromatic ring is 1. The summed E-state index contributed by atoms with van der Waals surface area (Å²) in [5.74, 6) is -0.0395. The molecule has 0 fully saturated rings. The molecule has 2 aromatic heterocycles. The number of carbonyl (C=O) groups is 1. The minimum absolute atomic E-state index is 0.0270. The van der Waals surface area contributed by atoms with Crippen molar-refractivity contribution in [1.82, 2.24) is 19.9 Å². The lowest BCUT2D eigenvalue weighted by molar-refractivity contribution is 0.0527. The van der Waals surface area contributed by atoms with Crippen LogP contribution < -0.4 is 11.3 Å². The van der Waals surface area contributed by atoms with Crippen molar-refractivity contribution < 1.29 is 14.3 Å². The number of nitrogens with one attached hydrogen (secondary N) is 1. The molecular formula is C10H11N5O4. The fourth-order valence-corrected chi connectivity index (χ4v) is 1.33. The molecule has 0 aliphatic rings. The Bertz CT molecular complexity index is 669. The average molecular weight is 265 g/mol. The first-order chi connectivity index (χ1) is 9.10. The van der Waals surface area contributed by atoms with E-state index in [1.807, 2.05) is 0 Å². The van der Waals surface area contributed by atoms with Crippen molar-refractivity contribution >= 4 is 23.3 Å². The van der Waals surface area contributed by atoms with Gasteiger partial charge in [-0.2, -0.15) is 4.98 Å². The molecule has 0 unspecified atom stereocenters. The molecule has 2 aromatic rings. The minimum Gasteiger partial charge on any atom is -0.435 e. The summed E-state index contributed by atoms with van der Waals surface area (Å²) in [5, 5.41) is 0. The quantitative estimate of drug-likeness (QED) is 0.739. The molecule has 0 aromatic carbocycles. The molecule has 0 bridgehead atoms. The molecule has 0 aliphatic heterocycles. The van der Waals surface area contributed by atoms with Gasteiger partial charge in [0, 0.05) is 0 Å². The Morgan fingerprint density at radius 1 is 1.42 bits per heavy atom. The van der Waals surface area contributed by atoms with Gasteiger partial charge in [0.25, 0.3) is 5.56 Å². The number of aromatic amines is 1. The standard InChI is InChI=1S/C10H11N5O4/c1-2-18-10(17)19-4-5-3-12-7-6(13-5)8(16)15-9(11)14-7/h3H,2,4H2,1H3,(H3,11,12,14,15,16). The summed E-state index contributed by atoms with van der Waals surface area (Å²) in [6, 6.07) is 0. The Labute approximate surface area is 106 Å². The highest BCUT2D eigenvalue weighted by Crippen LogP contribution is 2.04. The number of anilines is 1. The van der Waals surface area contributed by atoms with Gasteiger partial charge in [-0.15, -0.1) is 0 Å². The van der Waals surface area contributed by atoms with Gasteiger partial charge in [-0.05, 0) is 6.92 Å². The van der Waals surface area contributed by atoms with Crippen molar-refractivity contribution in [2.45, 2.75) is 13.5 Å². The molecule has 3 N–H and O–H groups in total. The van der Waals surface area contributed by atoms with E-state index in [1.165, 1.54) is 6.20 Å². The summed E-state index contributed by atoms with van der Waals surface area (Å²) >= 11 is 0. The van der Waals surface area contributed by atoms with E-state index in [0.29, 0.717) is 5.69 Å². The number of hydrogen-bond donors (Lipinski definition) is 2. The van der Waals surface area contributed by atoms with Gasteiger partial charge in [0.15, 0.2) is 11.2 Å². The van der Waals surface area contributed by atoms with Crippen LogP contribution in [0.25, 0.3) is 11.2 Å². The van der Waals surface area contributed by atoms with E-state index in [2.05, 4.69) is 24.7 Å². The zero-order chi connectivity index (χ0) is 13.8. The number of nitrogens with two attached hydrogens (primary N) is 1. The normalized spacial score (nSPS) is 10.4. The summed E-state index contributed by atoms with van der Waals surface area (Å²) in [5.41, 5.74) is 5.32. The SMILES string of the molecule is CCOC(=O)OCc1cnc2nc(N)[nH]c(=O)c2n1. The van der Waals surface area contributed by atoms with Gasteiger partial charge in [0.1, 0.15) is 6.61 Å². The van der Waals surface area contributed by atoms with Gasteiger partial charge >= 0.3 is 6.16 Å². The Balaban J connectivity index is 2.22. The van der Waals surface area contributed by atoms with Crippen molar-refractivity contribution in [3.63, 3.8) is 0 Å². The van der Waals surface area contributed by atoms with Crippen molar-refractivity contribution in [2.24, 2.45) is 0 Å². The van der Waals surface area contributed by atoms with Crippen LogP contribution in [-0.4, -0.2) is 32.7 Å². The van der Waals surface area contributed by atoms with Crippen molar-refractivity contribution in [2.75, 3.05) is 12.3 Å². The Morgan fingerprint density at radius 2 is 2.21 bits per heavy atom. The number of ether oxygens (including phenoxy) is 2. The molecule has 0 radical (unpaired) electrons. The van der Waals surface area contributed by atoms with Crippen LogP contribution in [0.1, 0.15) is 12.6 Å². The molecule has 0 atom stereocenters. The zero-order valence-corrected chi connectivity index (χ0v) is 10.0. The lowest BCUT2D eigenvalue weighted by atomic mass is 10.4. The summed E-state index contributed by atoms with van der Waals surface area (Å²) < 4.78 is 9.34. The highest BCUT2D eigenvalue weighted by atomic mass is 16.7. The largest absolute Gasteiger partial charge is 0.508 e. The topological polar surface area (TPSA) is 133 Å². The van der Waals surface area contributed by atoms with E-state index < -0.39 is 11.7 Å². The Kier molecular flexibility index (Phi) is 3.55. The van der Waals surface area contributed by atoms with E-state index in [9.17, 15) is 9.59 Å². The number of carbonyl (C=O) groups excluding carboxylic acids is 1. The first-order valence-corrected chi connectivity index (χ1v) is 5.41. The van der Waals surface area contributed by atoms with E-state index in [0.717, 1.165) is 0 Å². The van der Waals surface area contributed by atoms with Gasteiger partial charge < -0.3 is 15.2 Å². The lowest BCUT2D eigenvalue weighted by Crippen LogP contribution is -2.15. The molecule has 0 saturated heterocycles. The molecule has 0 aliphatic carbocycles. The van der Waals surface area contributed by atoms with Gasteiger partial charge in [-0.25, -0.2) is 14.8 Å². The first-order valence-electron chi connectivity index (χ1n) is 5.41. The fourth-order valence-electron chi connectivity index (χ4n) is 1.33. The maximum atomic E-state index is 11.6. The molecule has 9 nitrogen and oxygen atoms in total. The maximum Gasteiger partial charge on any atom is 0.508 e. The third-order valence-corrected chi connectivity index (χ3v) is 2.09. The number of aromatic nitrogens is 4. The number of fused-ring (bicyclic) bond motifs is 1. The highest BCUT2D eigenvalue weighted by molar-refractivity contribution is 5.69. The van der Waals surface area contributed by atoms with Crippen LogP contribution >= 0.6 is 0 Å². The van der Waals surface area contributed by atoms with Crippen LogP contribution in [0.2, 0.25) is 0 Å². The second-order valence-electron chi connectivity index (χ2n) is 3.46. The molecule has 2 rings (SSSR count). The molecule has 2 heterocycles. The van der Waals surface area contributed by atoms with Crippen LogP contribution in [-0.2, 0) is 16.1 Å². The second kappa shape index (κ2) is 5.29. The molecule has 0 spiro atoms. The predicted octanol–water partition coefficient (Wildman–Crippen LogP) is -0.0316. The van der Waals surface area contributed by atoms with Crippen LogP contribution in [0.15, 0.2) is 11.0 Å². The average Bonchev–Trinajstić information content (AvgIpc) is 2.37. The lowest BCUT2D eigenvalue weighted by Gasteiger charge is -2.04. The summed E-state index contributed by atoms with van der Waals surface area (Å²) in [7, 11) is 0. The Hall–Kier alpha value is -2.71. The molecular weight excluding hydrogens is 254 g/mol. The van der Waals surface area contributed by atoms with Crippen molar-refractivity contribution in [1.29, 1.82) is 0 Å². The summed E-state index contributed by atoms with van der Waals surface area (Å²) in [6.45, 7) is 1.73. The van der Waals surface area contributed by atoms with Gasteiger partial charge in [0.2, 0.25) is 5.95 Å². The molecule has 0 amide bonds. The van der Waals surface area contributed by atoms with Crippen LogP contribution in [0.3, 0.4) is 0 Å². The van der Waals surface area contributed by atoms with E-state index in [-0.39, 0.29) is 30.3 Å². The molecule has 19 heavy (non-hydrogen) atoms. The third-order valence-electron chi connectivity index (χ3n) is 2.09. The van der Waals surface area contributed by atoms with Crippen LogP contribution in [0, 0.1) is 0 Å². The number of hydrogen-bond acceptors (Lipinski definition) is 8. The zero-order valence-electron chi connectivity index (χ0n) is 10.0. The number of rotatable bonds is 3. The molecule has 100 valence electrons. The molecule has 9 heteroatoms. The van der Waals surface area contributed by atoms with Crippen molar-refractivity contribution in [3.05, 3.63) is 22.2 Å². The first kappa shape index (κ1) is 12.7. The fraction of sp³-hybridized carbons (Fsp3) is 0.300. The van der Waals surface area contributed by atoms with Crippen LogP contribution in [0.4, 0.5) is 10.7 Å². The summed E-state index contributed by atoms with van der Waals surface area (Å²) in [4.78, 5) is 36.6. The maximum absolute atomic E-state index is 11.6.